The second-order valence-corrected chi connectivity index (χ2v) is 6.00. The number of nitrogens with zero attached hydrogens (tertiary/aromatic N) is 3. The van der Waals surface area contributed by atoms with Crippen molar-refractivity contribution in [1.82, 2.24) is 24.8 Å². The number of aromatic amines is 1. The quantitative estimate of drug-likeness (QED) is 0.872. The summed E-state index contributed by atoms with van der Waals surface area (Å²) in [6.45, 7) is 7.81. The first-order valence-corrected chi connectivity index (χ1v) is 6.88. The van der Waals surface area contributed by atoms with Gasteiger partial charge in [0, 0.05) is 18.8 Å². The molecule has 2 aromatic rings. The fraction of sp³-hybridized carbons (Fsp3) is 0.500. The maximum atomic E-state index is 12.1. The van der Waals surface area contributed by atoms with Gasteiger partial charge in [0.05, 0.1) is 12.5 Å². The normalized spacial score (nSPS) is 17.4. The zero-order chi connectivity index (χ0) is 14.3. The van der Waals surface area contributed by atoms with Crippen LogP contribution in [0.4, 0.5) is 0 Å². The van der Waals surface area contributed by atoms with Gasteiger partial charge in [0.15, 0.2) is 5.82 Å². The highest BCUT2D eigenvalue weighted by Crippen LogP contribution is 2.27. The van der Waals surface area contributed by atoms with Crippen molar-refractivity contribution in [3.8, 4) is 11.5 Å². The number of H-pyrrole nitrogens is 1. The molecule has 3 rings (SSSR count). The molecule has 1 amide bonds. The van der Waals surface area contributed by atoms with Gasteiger partial charge in [-0.25, -0.2) is 9.97 Å². The molecule has 0 spiro atoms. The topological polar surface area (TPSA) is 75.6 Å². The number of amides is 1. The molecule has 0 bridgehead atoms. The predicted octanol–water partition coefficient (Wildman–Crippen LogP) is 1.61. The van der Waals surface area contributed by atoms with E-state index in [-0.39, 0.29) is 11.3 Å². The van der Waals surface area contributed by atoms with Gasteiger partial charge in [0.25, 0.3) is 5.91 Å². The Hall–Kier alpha value is -2.11. The zero-order valence-corrected chi connectivity index (χ0v) is 12.0. The number of hydrogen-bond acceptors (Lipinski definition) is 3. The molecule has 2 aromatic heterocycles. The fourth-order valence-corrected chi connectivity index (χ4v) is 2.56. The molecule has 1 aliphatic heterocycles. The smallest absolute Gasteiger partial charge is 0.271 e. The van der Waals surface area contributed by atoms with Gasteiger partial charge in [-0.1, -0.05) is 13.8 Å². The van der Waals surface area contributed by atoms with Crippen molar-refractivity contribution in [2.24, 2.45) is 5.41 Å². The van der Waals surface area contributed by atoms with Crippen LogP contribution in [-0.2, 0) is 13.0 Å². The minimum atomic E-state index is -0.101. The van der Waals surface area contributed by atoms with Crippen LogP contribution >= 0.6 is 0 Å². The van der Waals surface area contributed by atoms with Gasteiger partial charge in [-0.3, -0.25) is 4.79 Å². The number of fused-ring (bicyclic) bond motifs is 1. The first-order valence-electron chi connectivity index (χ1n) is 6.88. The van der Waals surface area contributed by atoms with E-state index in [2.05, 4.69) is 41.0 Å². The van der Waals surface area contributed by atoms with Crippen molar-refractivity contribution in [2.75, 3.05) is 6.54 Å². The summed E-state index contributed by atoms with van der Waals surface area (Å²) in [7, 11) is 0. The van der Waals surface area contributed by atoms with E-state index in [1.807, 2.05) is 4.57 Å². The first-order chi connectivity index (χ1) is 9.50. The summed E-state index contributed by atoms with van der Waals surface area (Å²) in [6, 6.07) is 0. The van der Waals surface area contributed by atoms with E-state index in [4.69, 9.17) is 0 Å². The highest BCUT2D eigenvalue weighted by atomic mass is 16.1. The van der Waals surface area contributed by atoms with E-state index in [1.54, 1.807) is 12.5 Å². The molecule has 0 fully saturated rings. The minimum Gasteiger partial charge on any atom is -0.350 e. The van der Waals surface area contributed by atoms with Crippen molar-refractivity contribution in [3.63, 3.8) is 0 Å². The average molecular weight is 273 g/mol. The highest BCUT2D eigenvalue weighted by molar-refractivity contribution is 5.94. The van der Waals surface area contributed by atoms with Crippen LogP contribution < -0.4 is 5.32 Å². The highest BCUT2D eigenvalue weighted by Gasteiger charge is 2.30. The Balaban J connectivity index is 2.06. The van der Waals surface area contributed by atoms with E-state index in [0.29, 0.717) is 18.1 Å². The van der Waals surface area contributed by atoms with Crippen molar-refractivity contribution in [2.45, 2.75) is 33.7 Å². The Kier molecular flexibility index (Phi) is 2.88. The second kappa shape index (κ2) is 4.47. The Morgan fingerprint density at radius 1 is 1.45 bits per heavy atom. The van der Waals surface area contributed by atoms with Crippen LogP contribution in [0.15, 0.2) is 12.5 Å². The summed E-state index contributed by atoms with van der Waals surface area (Å²) in [6.07, 6.45) is 4.34. The van der Waals surface area contributed by atoms with Crippen LogP contribution in [0.25, 0.3) is 11.5 Å². The van der Waals surface area contributed by atoms with Crippen LogP contribution in [0.5, 0.6) is 0 Å². The third kappa shape index (κ3) is 2.11. The summed E-state index contributed by atoms with van der Waals surface area (Å²) in [5, 5.41) is 2.93. The molecule has 0 atom stereocenters. The Bertz CT molecular complexity index is 652. The van der Waals surface area contributed by atoms with Gasteiger partial charge in [0.1, 0.15) is 11.4 Å². The van der Waals surface area contributed by atoms with E-state index in [9.17, 15) is 4.79 Å². The number of carbonyl (C=O) groups excluding carboxylic acids is 1. The summed E-state index contributed by atoms with van der Waals surface area (Å²) in [4.78, 5) is 24.0. The lowest BCUT2D eigenvalue weighted by atomic mass is 9.88. The van der Waals surface area contributed by atoms with Gasteiger partial charge < -0.3 is 14.9 Å². The monoisotopic (exact) mass is 273 g/mol. The summed E-state index contributed by atoms with van der Waals surface area (Å²) < 4.78 is 2.00. The molecule has 0 saturated heterocycles. The number of imidazole rings is 2. The standard InChI is InChI=1S/C14H19N5O/c1-4-19-8-15-6-10(19)12-17-9-5-14(2,3)7-16-13(20)11(9)18-12/h6,8H,4-5,7H2,1-3H3,(H,16,20)(H,17,18). The molecule has 6 heteroatoms. The van der Waals surface area contributed by atoms with Crippen molar-refractivity contribution in [3.05, 3.63) is 23.9 Å². The SMILES string of the molecule is CCn1cncc1-c1nc2c([nH]1)CC(C)(C)CNC2=O. The molecule has 0 radical (unpaired) electrons. The summed E-state index contributed by atoms with van der Waals surface area (Å²) in [5.74, 6) is 0.609. The Morgan fingerprint density at radius 3 is 3.00 bits per heavy atom. The average Bonchev–Trinajstić information content (AvgIpc) is 2.99. The molecule has 6 nitrogen and oxygen atoms in total. The summed E-state index contributed by atoms with van der Waals surface area (Å²) >= 11 is 0. The molecule has 0 saturated carbocycles. The number of hydrogen-bond donors (Lipinski definition) is 2. The minimum absolute atomic E-state index is 0.0235. The molecule has 0 aromatic carbocycles. The lowest BCUT2D eigenvalue weighted by Gasteiger charge is -2.21. The molecular weight excluding hydrogens is 254 g/mol. The number of aromatic nitrogens is 4. The van der Waals surface area contributed by atoms with Gasteiger partial charge in [-0.15, -0.1) is 0 Å². The molecule has 106 valence electrons. The van der Waals surface area contributed by atoms with Gasteiger partial charge >= 0.3 is 0 Å². The number of aryl methyl sites for hydroxylation is 1. The lowest BCUT2D eigenvalue weighted by Crippen LogP contribution is -2.32. The van der Waals surface area contributed by atoms with Gasteiger partial charge in [-0.2, -0.15) is 0 Å². The molecular formula is C14H19N5O. The Morgan fingerprint density at radius 2 is 2.25 bits per heavy atom. The van der Waals surface area contributed by atoms with Crippen molar-refractivity contribution >= 4 is 5.91 Å². The van der Waals surface area contributed by atoms with Crippen LogP contribution in [0.2, 0.25) is 0 Å². The second-order valence-electron chi connectivity index (χ2n) is 6.00. The first kappa shape index (κ1) is 12.9. The van der Waals surface area contributed by atoms with Crippen molar-refractivity contribution in [1.29, 1.82) is 0 Å². The zero-order valence-electron chi connectivity index (χ0n) is 12.0. The largest absolute Gasteiger partial charge is 0.350 e. The van der Waals surface area contributed by atoms with Crippen LogP contribution in [-0.4, -0.2) is 32.0 Å². The predicted molar refractivity (Wildman–Crippen MR) is 75.3 cm³/mol. The van der Waals surface area contributed by atoms with E-state index >= 15 is 0 Å². The third-order valence-electron chi connectivity index (χ3n) is 3.67. The molecule has 0 aliphatic carbocycles. The molecule has 0 unspecified atom stereocenters. The maximum absolute atomic E-state index is 12.1. The molecule has 20 heavy (non-hydrogen) atoms. The van der Waals surface area contributed by atoms with Crippen LogP contribution in [0, 0.1) is 5.41 Å². The third-order valence-corrected chi connectivity index (χ3v) is 3.67. The molecule has 3 heterocycles. The number of rotatable bonds is 2. The maximum Gasteiger partial charge on any atom is 0.271 e. The number of nitrogens with one attached hydrogen (secondary N) is 2. The van der Waals surface area contributed by atoms with E-state index in [1.165, 1.54) is 0 Å². The molecule has 2 N–H and O–H groups in total. The number of carbonyl (C=O) groups is 1. The Labute approximate surface area is 117 Å². The van der Waals surface area contributed by atoms with E-state index in [0.717, 1.165) is 24.4 Å². The van der Waals surface area contributed by atoms with Crippen LogP contribution in [0.1, 0.15) is 37.0 Å². The molecule has 1 aliphatic rings. The fourth-order valence-electron chi connectivity index (χ4n) is 2.56. The van der Waals surface area contributed by atoms with Crippen molar-refractivity contribution < 1.29 is 4.79 Å². The lowest BCUT2D eigenvalue weighted by molar-refractivity contribution is 0.0940. The van der Waals surface area contributed by atoms with Gasteiger partial charge in [0.2, 0.25) is 0 Å². The van der Waals surface area contributed by atoms with E-state index < -0.39 is 0 Å². The summed E-state index contributed by atoms with van der Waals surface area (Å²) in [5.41, 5.74) is 2.35. The van der Waals surface area contributed by atoms with Gasteiger partial charge in [-0.05, 0) is 18.8 Å². The van der Waals surface area contributed by atoms with Crippen LogP contribution in [0.3, 0.4) is 0 Å².